The summed E-state index contributed by atoms with van der Waals surface area (Å²) in [4.78, 5) is 25.6. The first-order valence-corrected chi connectivity index (χ1v) is 11.9. The number of benzene rings is 1. The van der Waals surface area contributed by atoms with Gasteiger partial charge in [-0.1, -0.05) is 23.9 Å². The number of hydrogen-bond acceptors (Lipinski definition) is 10. The molecular formula is C21H26N10O2S. The quantitative estimate of drug-likeness (QED) is 0.258. The normalized spacial score (nSPS) is 10.9. The second kappa shape index (κ2) is 11.3. The largest absolute Gasteiger partial charge is 0.490 e. The van der Waals surface area contributed by atoms with Crippen LogP contribution in [-0.4, -0.2) is 65.5 Å². The Balaban J connectivity index is 1.39. The number of carbonyl (C=O) groups is 1. The van der Waals surface area contributed by atoms with Crippen molar-refractivity contribution in [3.05, 3.63) is 43.0 Å². The molecule has 0 spiro atoms. The standard InChI is InChI=1S/C21H26N10O2S/c1-3-23-18-26-19(24-4-2)31-20(27-18)28-29-21(31)34-13-17(32)25-15-7-5-6-8-16(15)33-12-11-30-10-9-22-14-30/h5-10,14H,3-4,11-13H2,1-2H3,(H,25,32)(H2,23,24,26,27,28). The van der Waals surface area contributed by atoms with Crippen LogP contribution < -0.4 is 20.7 Å². The maximum absolute atomic E-state index is 12.7. The van der Waals surface area contributed by atoms with Gasteiger partial charge in [-0.15, -0.1) is 10.2 Å². The van der Waals surface area contributed by atoms with Crippen LogP contribution in [0.3, 0.4) is 0 Å². The molecular weight excluding hydrogens is 456 g/mol. The van der Waals surface area contributed by atoms with Gasteiger partial charge in [-0.05, 0) is 26.0 Å². The summed E-state index contributed by atoms with van der Waals surface area (Å²) in [6.45, 7) is 6.40. The molecule has 0 aliphatic heterocycles. The predicted octanol–water partition coefficient (Wildman–Crippen LogP) is 2.39. The van der Waals surface area contributed by atoms with E-state index in [0.29, 0.717) is 60.5 Å². The fourth-order valence-electron chi connectivity index (χ4n) is 3.09. The van der Waals surface area contributed by atoms with Crippen LogP contribution in [0.15, 0.2) is 48.1 Å². The van der Waals surface area contributed by atoms with Gasteiger partial charge >= 0.3 is 0 Å². The summed E-state index contributed by atoms with van der Waals surface area (Å²) in [5.74, 6) is 1.98. The van der Waals surface area contributed by atoms with E-state index in [1.807, 2.05) is 42.8 Å². The van der Waals surface area contributed by atoms with E-state index in [9.17, 15) is 4.79 Å². The van der Waals surface area contributed by atoms with Gasteiger partial charge in [0.25, 0.3) is 5.78 Å². The number of thioether (sulfide) groups is 1. The fourth-order valence-corrected chi connectivity index (χ4v) is 3.82. The summed E-state index contributed by atoms with van der Waals surface area (Å²) in [5.41, 5.74) is 0.608. The molecule has 4 aromatic rings. The highest BCUT2D eigenvalue weighted by Gasteiger charge is 2.16. The molecule has 0 atom stereocenters. The molecule has 0 aliphatic carbocycles. The van der Waals surface area contributed by atoms with Gasteiger partial charge in [0.15, 0.2) is 5.16 Å². The summed E-state index contributed by atoms with van der Waals surface area (Å²) in [6, 6.07) is 7.34. The number of ether oxygens (including phenoxy) is 1. The van der Waals surface area contributed by atoms with Crippen molar-refractivity contribution >= 4 is 41.0 Å². The van der Waals surface area contributed by atoms with Crippen molar-refractivity contribution in [3.8, 4) is 5.75 Å². The third-order valence-corrected chi connectivity index (χ3v) is 5.50. The minimum atomic E-state index is -0.192. The lowest BCUT2D eigenvalue weighted by molar-refractivity contribution is -0.113. The molecule has 0 fully saturated rings. The Labute approximate surface area is 200 Å². The Bertz CT molecular complexity index is 1230. The number of aromatic nitrogens is 7. The first kappa shape index (κ1) is 23.3. The third-order valence-electron chi connectivity index (χ3n) is 4.58. The Morgan fingerprint density at radius 3 is 2.76 bits per heavy atom. The number of nitrogens with zero attached hydrogens (tertiary/aromatic N) is 7. The van der Waals surface area contributed by atoms with Gasteiger partial charge in [0.2, 0.25) is 17.8 Å². The molecule has 0 radical (unpaired) electrons. The summed E-state index contributed by atoms with van der Waals surface area (Å²) in [7, 11) is 0. The topological polar surface area (TPSA) is 136 Å². The summed E-state index contributed by atoms with van der Waals surface area (Å²) in [6.07, 6.45) is 5.32. The molecule has 0 aliphatic rings. The second-order valence-electron chi connectivity index (χ2n) is 7.03. The molecule has 0 saturated heterocycles. The molecule has 0 bridgehead atoms. The lowest BCUT2D eigenvalue weighted by Crippen LogP contribution is -2.16. The number of amides is 1. The van der Waals surface area contributed by atoms with E-state index in [1.54, 1.807) is 23.0 Å². The van der Waals surface area contributed by atoms with Crippen LogP contribution in [0.1, 0.15) is 13.8 Å². The van der Waals surface area contributed by atoms with Gasteiger partial charge < -0.3 is 25.3 Å². The smallest absolute Gasteiger partial charge is 0.261 e. The van der Waals surface area contributed by atoms with Crippen molar-refractivity contribution in [1.82, 2.24) is 34.1 Å². The van der Waals surface area contributed by atoms with E-state index in [2.05, 4.69) is 41.1 Å². The maximum atomic E-state index is 12.7. The monoisotopic (exact) mass is 482 g/mol. The van der Waals surface area contributed by atoms with Crippen LogP contribution >= 0.6 is 11.8 Å². The number of fused-ring (bicyclic) bond motifs is 1. The minimum Gasteiger partial charge on any atom is -0.490 e. The Kier molecular flexibility index (Phi) is 7.75. The highest BCUT2D eigenvalue weighted by molar-refractivity contribution is 7.99. The highest BCUT2D eigenvalue weighted by Crippen LogP contribution is 2.25. The summed E-state index contributed by atoms with van der Waals surface area (Å²) >= 11 is 1.25. The van der Waals surface area contributed by atoms with Crippen molar-refractivity contribution < 1.29 is 9.53 Å². The van der Waals surface area contributed by atoms with Crippen LogP contribution in [0.25, 0.3) is 5.78 Å². The van der Waals surface area contributed by atoms with E-state index in [-0.39, 0.29) is 11.7 Å². The molecule has 1 aromatic carbocycles. The Morgan fingerprint density at radius 2 is 1.97 bits per heavy atom. The van der Waals surface area contributed by atoms with E-state index >= 15 is 0 Å². The van der Waals surface area contributed by atoms with Gasteiger partial charge in [-0.2, -0.15) is 9.97 Å². The third kappa shape index (κ3) is 5.73. The lowest BCUT2D eigenvalue weighted by atomic mass is 10.3. The zero-order valence-corrected chi connectivity index (χ0v) is 19.7. The van der Waals surface area contributed by atoms with E-state index in [1.165, 1.54) is 11.8 Å². The average Bonchev–Trinajstić information content (AvgIpc) is 3.49. The molecule has 3 heterocycles. The molecule has 0 saturated carbocycles. The second-order valence-corrected chi connectivity index (χ2v) is 7.97. The van der Waals surface area contributed by atoms with Crippen LogP contribution in [0.5, 0.6) is 5.75 Å². The molecule has 13 heteroatoms. The van der Waals surface area contributed by atoms with Gasteiger partial charge in [-0.25, -0.2) is 9.38 Å². The number of imidazole rings is 1. The Hall–Kier alpha value is -3.87. The molecule has 3 N–H and O–H groups in total. The average molecular weight is 483 g/mol. The first-order valence-electron chi connectivity index (χ1n) is 10.9. The van der Waals surface area contributed by atoms with Crippen molar-refractivity contribution in [2.45, 2.75) is 25.5 Å². The van der Waals surface area contributed by atoms with Gasteiger partial charge in [0, 0.05) is 25.5 Å². The van der Waals surface area contributed by atoms with Gasteiger partial charge in [0.1, 0.15) is 12.4 Å². The number of rotatable bonds is 12. The van der Waals surface area contributed by atoms with Crippen molar-refractivity contribution in [3.63, 3.8) is 0 Å². The molecule has 178 valence electrons. The van der Waals surface area contributed by atoms with Crippen molar-refractivity contribution in [2.75, 3.05) is 41.4 Å². The zero-order valence-electron chi connectivity index (χ0n) is 18.9. The number of anilines is 3. The minimum absolute atomic E-state index is 0.130. The fraction of sp³-hybridized carbons (Fsp3) is 0.333. The van der Waals surface area contributed by atoms with Crippen molar-refractivity contribution in [1.29, 1.82) is 0 Å². The number of nitrogens with one attached hydrogen (secondary N) is 3. The molecule has 0 unspecified atom stereocenters. The van der Waals surface area contributed by atoms with Crippen LogP contribution in [-0.2, 0) is 11.3 Å². The number of para-hydroxylation sites is 2. The molecule has 4 rings (SSSR count). The SMILES string of the molecule is CCNc1nc(NCC)n2c(SCC(=O)Nc3ccccc3OCCn3ccnc3)nnc2n1. The number of hydrogen-bond donors (Lipinski definition) is 3. The zero-order chi connectivity index (χ0) is 23.8. The predicted molar refractivity (Wildman–Crippen MR) is 130 cm³/mol. The van der Waals surface area contributed by atoms with Gasteiger partial charge in [-0.3, -0.25) is 4.79 Å². The van der Waals surface area contributed by atoms with Crippen LogP contribution in [0, 0.1) is 0 Å². The Morgan fingerprint density at radius 1 is 1.12 bits per heavy atom. The van der Waals surface area contributed by atoms with Crippen molar-refractivity contribution in [2.24, 2.45) is 0 Å². The van der Waals surface area contributed by atoms with Gasteiger partial charge in [0.05, 0.1) is 24.3 Å². The van der Waals surface area contributed by atoms with E-state index in [0.717, 1.165) is 0 Å². The number of carbonyl (C=O) groups excluding carboxylic acids is 1. The summed E-state index contributed by atoms with van der Waals surface area (Å²) in [5, 5.41) is 18.0. The lowest BCUT2D eigenvalue weighted by Gasteiger charge is -2.13. The summed E-state index contributed by atoms with van der Waals surface area (Å²) < 4.78 is 9.49. The molecule has 12 nitrogen and oxygen atoms in total. The molecule has 1 amide bonds. The first-order chi connectivity index (χ1) is 16.7. The molecule has 34 heavy (non-hydrogen) atoms. The van der Waals surface area contributed by atoms with E-state index in [4.69, 9.17) is 4.74 Å². The van der Waals surface area contributed by atoms with Crippen LogP contribution in [0.4, 0.5) is 17.6 Å². The maximum Gasteiger partial charge on any atom is 0.261 e. The van der Waals surface area contributed by atoms with Crippen LogP contribution in [0.2, 0.25) is 0 Å². The highest BCUT2D eigenvalue weighted by atomic mass is 32.2. The van der Waals surface area contributed by atoms with E-state index < -0.39 is 0 Å². The molecule has 3 aromatic heterocycles.